The van der Waals surface area contributed by atoms with Crippen LogP contribution >= 0.6 is 0 Å². The minimum absolute atomic E-state index is 0.244. The third-order valence-electron chi connectivity index (χ3n) is 4.13. The highest BCUT2D eigenvalue weighted by Crippen LogP contribution is 2.17. The number of piperidine rings is 1. The van der Waals surface area contributed by atoms with Crippen molar-refractivity contribution >= 4 is 0 Å². The Morgan fingerprint density at radius 3 is 3.13 bits per heavy atom. The lowest BCUT2D eigenvalue weighted by Gasteiger charge is -2.32. The van der Waals surface area contributed by atoms with Crippen LogP contribution in [0.3, 0.4) is 0 Å². The van der Waals surface area contributed by atoms with Gasteiger partial charge in [0.05, 0.1) is 18.0 Å². The van der Waals surface area contributed by atoms with Crippen LogP contribution in [0.5, 0.6) is 0 Å². The Bertz CT molecular complexity index is 628. The van der Waals surface area contributed by atoms with Crippen molar-refractivity contribution in [2.75, 3.05) is 19.7 Å². The van der Waals surface area contributed by atoms with Crippen LogP contribution in [0.15, 0.2) is 36.7 Å². The molecule has 1 saturated heterocycles. The summed E-state index contributed by atoms with van der Waals surface area (Å²) in [6.45, 7) is 5.92. The second-order valence-corrected chi connectivity index (χ2v) is 6.14. The molecule has 23 heavy (non-hydrogen) atoms. The molecule has 0 bridgehead atoms. The first-order valence-electron chi connectivity index (χ1n) is 8.38. The lowest BCUT2D eigenvalue weighted by atomic mass is 10.1. The van der Waals surface area contributed by atoms with Crippen molar-refractivity contribution in [1.82, 2.24) is 14.7 Å². The molecule has 1 aliphatic heterocycles. The van der Waals surface area contributed by atoms with Gasteiger partial charge in [0.25, 0.3) is 0 Å². The summed E-state index contributed by atoms with van der Waals surface area (Å²) >= 11 is 0. The van der Waals surface area contributed by atoms with Crippen molar-refractivity contribution in [2.24, 2.45) is 0 Å². The van der Waals surface area contributed by atoms with E-state index in [2.05, 4.69) is 16.9 Å². The van der Waals surface area contributed by atoms with Gasteiger partial charge in [-0.3, -0.25) is 4.90 Å². The minimum atomic E-state index is -0.244. The number of aromatic nitrogens is 2. The van der Waals surface area contributed by atoms with Crippen molar-refractivity contribution < 1.29 is 9.13 Å². The minimum Gasteiger partial charge on any atom is -0.377 e. The van der Waals surface area contributed by atoms with E-state index in [1.54, 1.807) is 10.7 Å². The van der Waals surface area contributed by atoms with Crippen LogP contribution < -0.4 is 0 Å². The van der Waals surface area contributed by atoms with Gasteiger partial charge in [0.2, 0.25) is 0 Å². The van der Waals surface area contributed by atoms with Crippen LogP contribution in [0.2, 0.25) is 0 Å². The van der Waals surface area contributed by atoms with E-state index >= 15 is 0 Å². The Hall–Kier alpha value is -1.72. The van der Waals surface area contributed by atoms with Crippen molar-refractivity contribution in [3.8, 4) is 5.69 Å². The lowest BCUT2D eigenvalue weighted by Crippen LogP contribution is -2.39. The number of ether oxygens (including phenoxy) is 1. The number of halogens is 1. The second kappa shape index (κ2) is 7.70. The summed E-state index contributed by atoms with van der Waals surface area (Å²) in [4.78, 5) is 2.41. The Kier molecular flexibility index (Phi) is 5.41. The van der Waals surface area contributed by atoms with Gasteiger partial charge in [-0.1, -0.05) is 13.0 Å². The molecule has 1 aliphatic rings. The first-order valence-corrected chi connectivity index (χ1v) is 8.38. The highest BCUT2D eigenvalue weighted by atomic mass is 19.1. The molecule has 1 aromatic carbocycles. The summed E-state index contributed by atoms with van der Waals surface area (Å²) in [5, 5.41) is 4.35. The van der Waals surface area contributed by atoms with Crippen LogP contribution in [-0.4, -0.2) is 40.5 Å². The van der Waals surface area contributed by atoms with Gasteiger partial charge in [-0.25, -0.2) is 9.07 Å². The number of likely N-dealkylation sites (tertiary alicyclic amines) is 1. The van der Waals surface area contributed by atoms with Crippen LogP contribution in [0.1, 0.15) is 31.7 Å². The van der Waals surface area contributed by atoms with Gasteiger partial charge >= 0.3 is 0 Å². The van der Waals surface area contributed by atoms with Crippen molar-refractivity contribution in [3.63, 3.8) is 0 Å². The van der Waals surface area contributed by atoms with Gasteiger partial charge in [-0.2, -0.15) is 5.10 Å². The van der Waals surface area contributed by atoms with E-state index in [4.69, 9.17) is 4.74 Å². The first-order chi connectivity index (χ1) is 11.2. The van der Waals surface area contributed by atoms with E-state index in [0.717, 1.165) is 50.3 Å². The standard InChI is InChI=1S/C18H24FN3O/c1-2-9-23-18-7-4-8-21(14-18)12-15-11-20-22(13-15)17-6-3-5-16(19)10-17/h3,5-6,10-11,13,18H,2,4,7-9,12,14H2,1H3. The lowest BCUT2D eigenvalue weighted by molar-refractivity contribution is -0.00223. The normalized spacial score (nSPS) is 19.1. The zero-order chi connectivity index (χ0) is 16.1. The summed E-state index contributed by atoms with van der Waals surface area (Å²) in [5.74, 6) is -0.244. The van der Waals surface area contributed by atoms with Gasteiger partial charge in [0.1, 0.15) is 5.82 Å². The first kappa shape index (κ1) is 16.1. The van der Waals surface area contributed by atoms with Crippen molar-refractivity contribution in [2.45, 2.75) is 38.8 Å². The van der Waals surface area contributed by atoms with Gasteiger partial charge in [-0.05, 0) is 44.0 Å². The molecule has 2 heterocycles. The number of hydrogen-bond acceptors (Lipinski definition) is 3. The monoisotopic (exact) mass is 317 g/mol. The second-order valence-electron chi connectivity index (χ2n) is 6.14. The predicted molar refractivity (Wildman–Crippen MR) is 88.1 cm³/mol. The van der Waals surface area contributed by atoms with Gasteiger partial charge in [-0.15, -0.1) is 0 Å². The molecule has 1 unspecified atom stereocenters. The SMILES string of the molecule is CCCOC1CCCN(Cc2cnn(-c3cccc(F)c3)c2)C1. The third kappa shape index (κ3) is 4.39. The van der Waals surface area contributed by atoms with E-state index in [1.807, 2.05) is 18.5 Å². The molecule has 0 N–H and O–H groups in total. The topological polar surface area (TPSA) is 30.3 Å². The summed E-state index contributed by atoms with van der Waals surface area (Å²) in [7, 11) is 0. The highest BCUT2D eigenvalue weighted by molar-refractivity contribution is 5.31. The zero-order valence-electron chi connectivity index (χ0n) is 13.6. The largest absolute Gasteiger partial charge is 0.377 e. The molecule has 5 heteroatoms. The van der Waals surface area contributed by atoms with E-state index in [0.29, 0.717) is 6.10 Å². The molecular formula is C18H24FN3O. The maximum Gasteiger partial charge on any atom is 0.125 e. The van der Waals surface area contributed by atoms with E-state index < -0.39 is 0 Å². The molecule has 0 spiro atoms. The molecule has 0 aliphatic carbocycles. The molecule has 3 rings (SSSR count). The third-order valence-corrected chi connectivity index (χ3v) is 4.13. The average Bonchev–Trinajstić information content (AvgIpc) is 3.02. The van der Waals surface area contributed by atoms with Crippen LogP contribution in [-0.2, 0) is 11.3 Å². The van der Waals surface area contributed by atoms with Crippen LogP contribution in [0.25, 0.3) is 5.69 Å². The number of rotatable bonds is 6. The Morgan fingerprint density at radius 1 is 1.39 bits per heavy atom. The summed E-state index contributed by atoms with van der Waals surface area (Å²) in [5.41, 5.74) is 1.89. The molecule has 4 nitrogen and oxygen atoms in total. The number of hydrogen-bond donors (Lipinski definition) is 0. The van der Waals surface area contributed by atoms with Crippen molar-refractivity contribution in [1.29, 1.82) is 0 Å². The number of nitrogens with zero attached hydrogens (tertiary/aromatic N) is 3. The smallest absolute Gasteiger partial charge is 0.125 e. The fraction of sp³-hybridized carbons (Fsp3) is 0.500. The maximum atomic E-state index is 13.3. The Balaban J connectivity index is 1.60. The zero-order valence-corrected chi connectivity index (χ0v) is 13.6. The molecule has 0 radical (unpaired) electrons. The van der Waals surface area contributed by atoms with Gasteiger partial charge in [0, 0.05) is 31.5 Å². The van der Waals surface area contributed by atoms with Gasteiger partial charge in [0.15, 0.2) is 0 Å². The predicted octanol–water partition coefficient (Wildman–Crippen LogP) is 3.40. The fourth-order valence-electron chi connectivity index (χ4n) is 3.04. The quantitative estimate of drug-likeness (QED) is 0.818. The summed E-state index contributed by atoms with van der Waals surface area (Å²) in [6.07, 6.45) is 7.58. The van der Waals surface area contributed by atoms with E-state index in [-0.39, 0.29) is 5.82 Å². The molecular weight excluding hydrogens is 293 g/mol. The molecule has 0 saturated carbocycles. The van der Waals surface area contributed by atoms with E-state index in [9.17, 15) is 4.39 Å². The van der Waals surface area contributed by atoms with Crippen LogP contribution in [0, 0.1) is 5.82 Å². The van der Waals surface area contributed by atoms with Gasteiger partial charge < -0.3 is 4.74 Å². The summed E-state index contributed by atoms with van der Waals surface area (Å²) < 4.78 is 20.9. The molecule has 1 aromatic heterocycles. The maximum absolute atomic E-state index is 13.3. The van der Waals surface area contributed by atoms with Crippen molar-refractivity contribution in [3.05, 3.63) is 48.0 Å². The molecule has 0 amide bonds. The van der Waals surface area contributed by atoms with Crippen LogP contribution in [0.4, 0.5) is 4.39 Å². The molecule has 1 atom stereocenters. The molecule has 2 aromatic rings. The highest BCUT2D eigenvalue weighted by Gasteiger charge is 2.20. The molecule has 1 fully saturated rings. The average molecular weight is 317 g/mol. The fourth-order valence-corrected chi connectivity index (χ4v) is 3.04. The Labute approximate surface area is 136 Å². The summed E-state index contributed by atoms with van der Waals surface area (Å²) in [6, 6.07) is 6.49. The number of benzene rings is 1. The Morgan fingerprint density at radius 2 is 2.30 bits per heavy atom. The van der Waals surface area contributed by atoms with E-state index in [1.165, 1.54) is 18.6 Å². The molecule has 124 valence electrons.